The molecule has 0 spiro atoms. The number of nitro groups is 1. The van der Waals surface area contributed by atoms with Crippen molar-refractivity contribution in [1.82, 2.24) is 0 Å². The van der Waals surface area contributed by atoms with E-state index in [0.717, 1.165) is 3.57 Å². The molecule has 13 heavy (non-hydrogen) atoms. The number of hydrogen-bond donors (Lipinski definition) is 1. The van der Waals surface area contributed by atoms with Crippen LogP contribution >= 0.6 is 38.5 Å². The van der Waals surface area contributed by atoms with Crippen LogP contribution in [0.1, 0.15) is 5.56 Å². The van der Waals surface area contributed by atoms with E-state index >= 15 is 0 Å². The molecule has 0 aromatic heterocycles. The van der Waals surface area contributed by atoms with Crippen LogP contribution in [0.15, 0.2) is 16.6 Å². The summed E-state index contributed by atoms with van der Waals surface area (Å²) in [5.41, 5.74) is 6.06. The van der Waals surface area contributed by atoms with Crippen LogP contribution in [0, 0.1) is 13.7 Å². The summed E-state index contributed by atoms with van der Waals surface area (Å²) < 4.78 is 1.50. The van der Waals surface area contributed by atoms with Crippen molar-refractivity contribution in [3.05, 3.63) is 35.9 Å². The fourth-order valence-corrected chi connectivity index (χ4v) is 2.66. The summed E-state index contributed by atoms with van der Waals surface area (Å²) in [6.07, 6.45) is 0. The van der Waals surface area contributed by atoms with Gasteiger partial charge >= 0.3 is 0 Å². The predicted molar refractivity (Wildman–Crippen MR) is 61.4 cm³/mol. The second-order valence-electron chi connectivity index (χ2n) is 2.35. The van der Waals surface area contributed by atoms with Gasteiger partial charge in [0.2, 0.25) is 0 Å². The molecule has 0 saturated heterocycles. The molecule has 0 fully saturated rings. The molecule has 1 rings (SSSR count). The van der Waals surface area contributed by atoms with E-state index in [9.17, 15) is 10.1 Å². The lowest BCUT2D eigenvalue weighted by molar-refractivity contribution is -0.385. The molecule has 0 aliphatic carbocycles. The van der Waals surface area contributed by atoms with Gasteiger partial charge in [0.25, 0.3) is 5.69 Å². The van der Waals surface area contributed by atoms with Crippen molar-refractivity contribution in [1.29, 1.82) is 0 Å². The Hall–Kier alpha value is -0.210. The van der Waals surface area contributed by atoms with Crippen LogP contribution in [0.4, 0.5) is 5.69 Å². The minimum absolute atomic E-state index is 0.0706. The van der Waals surface area contributed by atoms with Gasteiger partial charge in [-0.15, -0.1) is 0 Å². The first-order valence-electron chi connectivity index (χ1n) is 3.38. The van der Waals surface area contributed by atoms with Gasteiger partial charge in [-0.1, -0.05) is 15.9 Å². The van der Waals surface area contributed by atoms with Gasteiger partial charge < -0.3 is 5.73 Å². The zero-order valence-electron chi connectivity index (χ0n) is 6.46. The third kappa shape index (κ3) is 2.38. The maximum absolute atomic E-state index is 10.6. The smallest absolute Gasteiger partial charge is 0.276 e. The first kappa shape index (κ1) is 10.9. The Balaban J connectivity index is 3.38. The molecule has 0 aliphatic heterocycles. The van der Waals surface area contributed by atoms with Crippen LogP contribution in [0.25, 0.3) is 0 Å². The standard InChI is InChI=1S/C7H6BrIN2O2/c8-4-1-6(9)5(3-10)7(2-4)11(12)13/h1-2H,3,10H2. The summed E-state index contributed by atoms with van der Waals surface area (Å²) in [5.74, 6) is 0. The third-order valence-electron chi connectivity index (χ3n) is 1.54. The zero-order valence-corrected chi connectivity index (χ0v) is 10.2. The van der Waals surface area contributed by atoms with E-state index in [1.54, 1.807) is 6.07 Å². The second-order valence-corrected chi connectivity index (χ2v) is 4.42. The lowest BCUT2D eigenvalue weighted by Crippen LogP contribution is -2.04. The third-order valence-corrected chi connectivity index (χ3v) is 2.96. The van der Waals surface area contributed by atoms with Crippen molar-refractivity contribution < 1.29 is 4.92 Å². The molecular formula is C7H6BrIN2O2. The molecule has 0 atom stereocenters. The van der Waals surface area contributed by atoms with Gasteiger partial charge in [-0.25, -0.2) is 0 Å². The molecule has 0 amide bonds. The van der Waals surface area contributed by atoms with Gasteiger partial charge in [-0.2, -0.15) is 0 Å². The molecule has 70 valence electrons. The average Bonchev–Trinajstić information content (AvgIpc) is 2.02. The van der Waals surface area contributed by atoms with E-state index in [2.05, 4.69) is 15.9 Å². The van der Waals surface area contributed by atoms with Crippen LogP contribution in [-0.4, -0.2) is 4.92 Å². The van der Waals surface area contributed by atoms with E-state index in [1.807, 2.05) is 22.6 Å². The number of nitro benzene ring substituents is 1. The summed E-state index contributed by atoms with van der Waals surface area (Å²) in [6.45, 7) is 0.182. The largest absolute Gasteiger partial charge is 0.326 e. The minimum atomic E-state index is -0.422. The van der Waals surface area contributed by atoms with Crippen LogP contribution in [0.2, 0.25) is 0 Å². The van der Waals surface area contributed by atoms with Gasteiger partial charge in [0.15, 0.2) is 0 Å². The van der Waals surface area contributed by atoms with Crippen molar-refractivity contribution in [3.63, 3.8) is 0 Å². The molecule has 0 aliphatic rings. The Morgan fingerprint density at radius 3 is 2.69 bits per heavy atom. The van der Waals surface area contributed by atoms with Crippen LogP contribution in [0.5, 0.6) is 0 Å². The van der Waals surface area contributed by atoms with Crippen LogP contribution in [0.3, 0.4) is 0 Å². The van der Waals surface area contributed by atoms with E-state index in [1.165, 1.54) is 6.07 Å². The normalized spacial score (nSPS) is 10.1. The molecular weight excluding hydrogens is 351 g/mol. The summed E-state index contributed by atoms with van der Waals surface area (Å²) in [7, 11) is 0. The fraction of sp³-hybridized carbons (Fsp3) is 0.143. The summed E-state index contributed by atoms with van der Waals surface area (Å²) in [6, 6.07) is 3.26. The maximum Gasteiger partial charge on any atom is 0.276 e. The quantitative estimate of drug-likeness (QED) is 0.502. The lowest BCUT2D eigenvalue weighted by atomic mass is 10.2. The van der Waals surface area contributed by atoms with E-state index < -0.39 is 4.92 Å². The molecule has 0 saturated carbocycles. The highest BCUT2D eigenvalue weighted by Crippen LogP contribution is 2.28. The van der Waals surface area contributed by atoms with Gasteiger partial charge in [0, 0.05) is 20.7 Å². The Morgan fingerprint density at radius 2 is 2.23 bits per heavy atom. The first-order chi connectivity index (χ1) is 6.06. The molecule has 0 heterocycles. The predicted octanol–water partition coefficient (Wildman–Crippen LogP) is 2.42. The topological polar surface area (TPSA) is 69.2 Å². The van der Waals surface area contributed by atoms with Gasteiger partial charge in [0.05, 0.1) is 10.5 Å². The van der Waals surface area contributed by atoms with Crippen molar-refractivity contribution >= 4 is 44.2 Å². The Kier molecular flexibility index (Phi) is 3.63. The van der Waals surface area contributed by atoms with Gasteiger partial charge in [-0.05, 0) is 28.7 Å². The molecule has 6 heteroatoms. The van der Waals surface area contributed by atoms with Gasteiger partial charge in [-0.3, -0.25) is 10.1 Å². The highest BCUT2D eigenvalue weighted by atomic mass is 127. The van der Waals surface area contributed by atoms with Crippen molar-refractivity contribution in [2.24, 2.45) is 5.73 Å². The molecule has 4 nitrogen and oxygen atoms in total. The molecule has 0 radical (unpaired) electrons. The summed E-state index contributed by atoms with van der Waals surface area (Å²) in [5, 5.41) is 10.6. The number of rotatable bonds is 2. The molecule has 1 aromatic rings. The van der Waals surface area contributed by atoms with E-state index in [0.29, 0.717) is 10.0 Å². The van der Waals surface area contributed by atoms with Crippen molar-refractivity contribution in [3.8, 4) is 0 Å². The lowest BCUT2D eigenvalue weighted by Gasteiger charge is -2.03. The second kappa shape index (κ2) is 4.34. The number of hydrogen-bond acceptors (Lipinski definition) is 3. The number of halogens is 2. The minimum Gasteiger partial charge on any atom is -0.326 e. The zero-order chi connectivity index (χ0) is 10.0. The highest BCUT2D eigenvalue weighted by molar-refractivity contribution is 14.1. The fourth-order valence-electron chi connectivity index (χ4n) is 0.955. The SMILES string of the molecule is NCc1c(I)cc(Br)cc1[N+](=O)[O-]. The molecule has 1 aromatic carbocycles. The molecule has 0 unspecified atom stereocenters. The Morgan fingerprint density at radius 1 is 1.62 bits per heavy atom. The van der Waals surface area contributed by atoms with E-state index in [-0.39, 0.29) is 12.2 Å². The summed E-state index contributed by atoms with van der Waals surface area (Å²) in [4.78, 5) is 10.2. The number of benzene rings is 1. The summed E-state index contributed by atoms with van der Waals surface area (Å²) >= 11 is 5.23. The highest BCUT2D eigenvalue weighted by Gasteiger charge is 2.16. The van der Waals surface area contributed by atoms with Gasteiger partial charge in [0.1, 0.15) is 0 Å². The monoisotopic (exact) mass is 356 g/mol. The van der Waals surface area contributed by atoms with Crippen LogP contribution in [-0.2, 0) is 6.54 Å². The van der Waals surface area contributed by atoms with Crippen molar-refractivity contribution in [2.45, 2.75) is 6.54 Å². The number of nitrogens with zero attached hydrogens (tertiary/aromatic N) is 1. The Bertz CT molecular complexity index is 357. The van der Waals surface area contributed by atoms with Crippen LogP contribution < -0.4 is 5.73 Å². The van der Waals surface area contributed by atoms with E-state index in [4.69, 9.17) is 5.73 Å². The number of nitrogens with two attached hydrogens (primary N) is 1. The average molecular weight is 357 g/mol. The first-order valence-corrected chi connectivity index (χ1v) is 5.25. The Labute approximate surface area is 96.9 Å². The molecule has 2 N–H and O–H groups in total. The molecule has 0 bridgehead atoms. The maximum atomic E-state index is 10.6. The van der Waals surface area contributed by atoms with Crippen molar-refractivity contribution in [2.75, 3.05) is 0 Å².